The zero-order valence-electron chi connectivity index (χ0n) is 14.7. The average Bonchev–Trinajstić information content (AvgIpc) is 2.57. The van der Waals surface area contributed by atoms with Crippen LogP contribution in [-0.4, -0.2) is 53.2 Å². The largest absolute Gasteiger partial charge is 0.416 e. The predicted octanol–water partition coefficient (Wildman–Crippen LogP) is 1.98. The molecule has 3 rings (SSSR count). The summed E-state index contributed by atoms with van der Waals surface area (Å²) in [4.78, 5) is 16.2. The van der Waals surface area contributed by atoms with Gasteiger partial charge in [0.05, 0.1) is 11.2 Å². The van der Waals surface area contributed by atoms with Crippen LogP contribution >= 0.6 is 0 Å². The highest BCUT2D eigenvalue weighted by atomic mass is 19.4. The first kappa shape index (κ1) is 19.0. The second-order valence-corrected chi connectivity index (χ2v) is 7.31. The van der Waals surface area contributed by atoms with Crippen LogP contribution in [0.4, 0.5) is 18.9 Å². The Hall–Kier alpha value is -1.80. The molecule has 1 heterocycles. The van der Waals surface area contributed by atoms with E-state index in [1.165, 1.54) is 12.1 Å². The lowest BCUT2D eigenvalue weighted by Crippen LogP contribution is -2.64. The van der Waals surface area contributed by atoms with Gasteiger partial charge in [0.1, 0.15) is 6.04 Å². The van der Waals surface area contributed by atoms with Crippen LogP contribution < -0.4 is 10.6 Å². The molecule has 8 heteroatoms. The maximum absolute atomic E-state index is 12.7. The molecule has 3 N–H and O–H groups in total. The molecule has 2 atom stereocenters. The molecule has 1 saturated carbocycles. The Bertz CT molecular complexity index is 659. The smallest absolute Gasteiger partial charge is 0.388 e. The summed E-state index contributed by atoms with van der Waals surface area (Å²) in [5.74, 6) is -0.258. The number of carbonyl (C=O) groups excluding carboxylic acids is 1. The standard InChI is InChI=1S/C18H24F3N3O2/c1-12-11-23(16(25)15(22)17(26)7-2-8-17)9-10-24(12)14-5-3-13(4-6-14)18(19,20)21/h3-6,12,15,26H,2,7-11,22H2,1H3. The molecule has 1 aromatic carbocycles. The number of anilines is 1. The van der Waals surface area contributed by atoms with Gasteiger partial charge in [-0.2, -0.15) is 13.2 Å². The summed E-state index contributed by atoms with van der Waals surface area (Å²) < 4.78 is 38.1. The van der Waals surface area contributed by atoms with Crippen molar-refractivity contribution in [3.8, 4) is 0 Å². The molecule has 144 valence electrons. The first-order chi connectivity index (χ1) is 12.1. The Morgan fingerprint density at radius 3 is 2.35 bits per heavy atom. The van der Waals surface area contributed by atoms with Gasteiger partial charge in [-0.25, -0.2) is 0 Å². The van der Waals surface area contributed by atoms with Crippen LogP contribution in [0.15, 0.2) is 24.3 Å². The van der Waals surface area contributed by atoms with Gasteiger partial charge >= 0.3 is 6.18 Å². The highest BCUT2D eigenvalue weighted by Gasteiger charge is 2.46. The molecule has 0 radical (unpaired) electrons. The molecule has 1 saturated heterocycles. The molecule has 1 amide bonds. The Balaban J connectivity index is 1.64. The van der Waals surface area contributed by atoms with Crippen molar-refractivity contribution < 1.29 is 23.1 Å². The van der Waals surface area contributed by atoms with Gasteiger partial charge in [0, 0.05) is 31.4 Å². The number of aliphatic hydroxyl groups is 1. The monoisotopic (exact) mass is 371 g/mol. The number of benzene rings is 1. The first-order valence-corrected chi connectivity index (χ1v) is 8.82. The number of alkyl halides is 3. The maximum Gasteiger partial charge on any atom is 0.416 e. The second-order valence-electron chi connectivity index (χ2n) is 7.31. The highest BCUT2D eigenvalue weighted by molar-refractivity contribution is 5.83. The molecule has 2 fully saturated rings. The molecule has 1 aliphatic carbocycles. The fraction of sp³-hybridized carbons (Fsp3) is 0.611. The van der Waals surface area contributed by atoms with Gasteiger partial charge in [-0.3, -0.25) is 4.79 Å². The molecule has 26 heavy (non-hydrogen) atoms. The predicted molar refractivity (Wildman–Crippen MR) is 91.6 cm³/mol. The number of hydrogen-bond acceptors (Lipinski definition) is 4. The Labute approximate surface area is 150 Å². The van der Waals surface area contributed by atoms with E-state index in [1.54, 1.807) is 4.90 Å². The number of amides is 1. The number of halogens is 3. The fourth-order valence-corrected chi connectivity index (χ4v) is 3.66. The Kier molecular flexibility index (Phi) is 4.92. The van der Waals surface area contributed by atoms with Gasteiger partial charge in [0.2, 0.25) is 5.91 Å². The molecular formula is C18H24F3N3O2. The highest BCUT2D eigenvalue weighted by Crippen LogP contribution is 2.35. The first-order valence-electron chi connectivity index (χ1n) is 8.82. The maximum atomic E-state index is 12.7. The van der Waals surface area contributed by atoms with Crippen molar-refractivity contribution in [2.24, 2.45) is 5.73 Å². The lowest BCUT2D eigenvalue weighted by molar-refractivity contribution is -0.145. The van der Waals surface area contributed by atoms with Crippen LogP contribution in [0.25, 0.3) is 0 Å². The van der Waals surface area contributed by atoms with E-state index >= 15 is 0 Å². The van der Waals surface area contributed by atoms with Gasteiger partial charge in [-0.15, -0.1) is 0 Å². The zero-order chi connectivity index (χ0) is 19.1. The van der Waals surface area contributed by atoms with Crippen molar-refractivity contribution in [3.05, 3.63) is 29.8 Å². The summed E-state index contributed by atoms with van der Waals surface area (Å²) in [5.41, 5.74) is 4.90. The Morgan fingerprint density at radius 1 is 1.27 bits per heavy atom. The molecule has 0 aromatic heterocycles. The molecule has 5 nitrogen and oxygen atoms in total. The van der Waals surface area contributed by atoms with Crippen molar-refractivity contribution in [3.63, 3.8) is 0 Å². The molecule has 0 bridgehead atoms. The minimum Gasteiger partial charge on any atom is -0.388 e. The lowest BCUT2D eigenvalue weighted by atomic mass is 9.74. The lowest BCUT2D eigenvalue weighted by Gasteiger charge is -2.45. The number of carbonyl (C=O) groups is 1. The normalized spacial score (nSPS) is 24.2. The van der Waals surface area contributed by atoms with Crippen LogP contribution in [0.2, 0.25) is 0 Å². The molecule has 1 aliphatic heterocycles. The van der Waals surface area contributed by atoms with E-state index in [2.05, 4.69) is 0 Å². The molecule has 1 aromatic rings. The van der Waals surface area contributed by atoms with Gasteiger partial charge in [-0.05, 0) is 50.5 Å². The van der Waals surface area contributed by atoms with Gasteiger partial charge < -0.3 is 20.6 Å². The van der Waals surface area contributed by atoms with E-state index in [-0.39, 0.29) is 11.9 Å². The van der Waals surface area contributed by atoms with E-state index in [0.717, 1.165) is 18.6 Å². The topological polar surface area (TPSA) is 69.8 Å². The quantitative estimate of drug-likeness (QED) is 0.853. The van der Waals surface area contributed by atoms with E-state index in [4.69, 9.17) is 5.73 Å². The van der Waals surface area contributed by atoms with Crippen LogP contribution in [0, 0.1) is 0 Å². The van der Waals surface area contributed by atoms with Crippen LogP contribution in [0.5, 0.6) is 0 Å². The minimum atomic E-state index is -4.35. The van der Waals surface area contributed by atoms with Crippen LogP contribution in [0.3, 0.4) is 0 Å². The van der Waals surface area contributed by atoms with E-state index in [9.17, 15) is 23.1 Å². The summed E-state index contributed by atoms with van der Waals surface area (Å²) in [6.07, 6.45) is -2.40. The molecule has 2 aliphatic rings. The van der Waals surface area contributed by atoms with Gasteiger partial charge in [0.25, 0.3) is 0 Å². The molecule has 0 spiro atoms. The summed E-state index contributed by atoms with van der Waals surface area (Å²) >= 11 is 0. The number of rotatable bonds is 3. The van der Waals surface area contributed by atoms with E-state index < -0.39 is 23.4 Å². The third-order valence-electron chi connectivity index (χ3n) is 5.53. The van der Waals surface area contributed by atoms with E-state index in [0.29, 0.717) is 38.2 Å². The average molecular weight is 371 g/mol. The number of nitrogens with zero attached hydrogens (tertiary/aromatic N) is 2. The van der Waals surface area contributed by atoms with Crippen molar-refractivity contribution in [2.45, 2.75) is 50.0 Å². The van der Waals surface area contributed by atoms with E-state index in [1.807, 2.05) is 11.8 Å². The second kappa shape index (κ2) is 6.74. The van der Waals surface area contributed by atoms with Crippen LogP contribution in [-0.2, 0) is 11.0 Å². The van der Waals surface area contributed by atoms with Crippen molar-refractivity contribution in [2.75, 3.05) is 24.5 Å². The zero-order valence-corrected chi connectivity index (χ0v) is 14.7. The van der Waals surface area contributed by atoms with Crippen molar-refractivity contribution >= 4 is 11.6 Å². The summed E-state index contributed by atoms with van der Waals surface area (Å²) in [7, 11) is 0. The van der Waals surface area contributed by atoms with Crippen molar-refractivity contribution in [1.29, 1.82) is 0 Å². The summed E-state index contributed by atoms with van der Waals surface area (Å²) in [6.45, 7) is 3.27. The molecule has 2 unspecified atom stereocenters. The van der Waals surface area contributed by atoms with Gasteiger partial charge in [0.15, 0.2) is 0 Å². The molecular weight excluding hydrogens is 347 g/mol. The summed E-state index contributed by atoms with van der Waals surface area (Å²) in [6, 6.07) is 4.08. The SMILES string of the molecule is CC1CN(C(=O)C(N)C2(O)CCC2)CCN1c1ccc(C(F)(F)F)cc1. The van der Waals surface area contributed by atoms with Crippen molar-refractivity contribution in [1.82, 2.24) is 4.90 Å². The third kappa shape index (κ3) is 3.53. The van der Waals surface area contributed by atoms with Crippen LogP contribution in [0.1, 0.15) is 31.7 Å². The number of piperazine rings is 1. The minimum absolute atomic E-state index is 0.0623. The Morgan fingerprint density at radius 2 is 1.88 bits per heavy atom. The number of hydrogen-bond donors (Lipinski definition) is 2. The number of nitrogens with two attached hydrogens (primary N) is 1. The third-order valence-corrected chi connectivity index (χ3v) is 5.53. The fourth-order valence-electron chi connectivity index (χ4n) is 3.66. The van der Waals surface area contributed by atoms with Gasteiger partial charge in [-0.1, -0.05) is 0 Å². The summed E-state index contributed by atoms with van der Waals surface area (Å²) in [5, 5.41) is 10.3.